The summed E-state index contributed by atoms with van der Waals surface area (Å²) in [5.41, 5.74) is 1.42. The lowest BCUT2D eigenvalue weighted by molar-refractivity contribution is -0.135. The Morgan fingerprint density at radius 2 is 2.08 bits per heavy atom. The Kier molecular flexibility index (Phi) is 7.11. The van der Waals surface area contributed by atoms with Gasteiger partial charge in [-0.05, 0) is 55.3 Å². The highest BCUT2D eigenvalue weighted by molar-refractivity contribution is 6.32. The first-order valence-electron chi connectivity index (χ1n) is 11.5. The van der Waals surface area contributed by atoms with E-state index in [0.29, 0.717) is 57.8 Å². The first-order chi connectivity index (χ1) is 17.6. The summed E-state index contributed by atoms with van der Waals surface area (Å²) in [5.74, 6) is 1.97. The number of likely N-dealkylation sites (tertiary alicyclic amines) is 1. The van der Waals surface area contributed by atoms with Crippen LogP contribution in [0.15, 0.2) is 67.3 Å². The van der Waals surface area contributed by atoms with E-state index in [1.807, 2.05) is 24.3 Å². The smallest absolute Gasteiger partial charge is 0.248 e. The van der Waals surface area contributed by atoms with Crippen molar-refractivity contribution in [3.8, 4) is 17.2 Å². The van der Waals surface area contributed by atoms with Gasteiger partial charge in [0.2, 0.25) is 5.91 Å². The molecular formula is C26H24ClN5O4. The van der Waals surface area contributed by atoms with Gasteiger partial charge in [-0.25, -0.2) is 9.97 Å². The van der Waals surface area contributed by atoms with Crippen LogP contribution in [-0.4, -0.2) is 56.7 Å². The Morgan fingerprint density at radius 3 is 2.89 bits per heavy atom. The van der Waals surface area contributed by atoms with E-state index in [4.69, 9.17) is 21.1 Å². The molecule has 1 amide bonds. The standard InChI is InChI=1S/C26H24ClN5O4/c27-20-12-17(8-9-22(20)36-19-5-2-10-28-13-19)31-26-25-21(29-16-30-26)6-1-7-23(25)35-15-18-4-3-11-32(18)24(34)14-33/h1-2,5-10,12-13,16,18,33H,3-4,11,14-15H2,(H,29,30,31)/t18-/m0/s1. The van der Waals surface area contributed by atoms with Crippen LogP contribution in [0.2, 0.25) is 5.02 Å². The first-order valence-corrected chi connectivity index (χ1v) is 11.9. The predicted molar refractivity (Wildman–Crippen MR) is 136 cm³/mol. The van der Waals surface area contributed by atoms with E-state index in [1.54, 1.807) is 41.6 Å². The number of aliphatic hydroxyl groups excluding tert-OH is 1. The average Bonchev–Trinajstić information content (AvgIpc) is 3.38. The van der Waals surface area contributed by atoms with E-state index in [2.05, 4.69) is 20.3 Å². The van der Waals surface area contributed by atoms with Crippen molar-refractivity contribution in [1.29, 1.82) is 0 Å². The summed E-state index contributed by atoms with van der Waals surface area (Å²) >= 11 is 6.48. The number of hydrogen-bond acceptors (Lipinski definition) is 8. The molecule has 1 atom stereocenters. The van der Waals surface area contributed by atoms with Gasteiger partial charge in [0.05, 0.1) is 28.2 Å². The largest absolute Gasteiger partial charge is 0.491 e. The third-order valence-electron chi connectivity index (χ3n) is 5.95. The number of benzene rings is 2. The van der Waals surface area contributed by atoms with E-state index in [-0.39, 0.29) is 11.9 Å². The summed E-state index contributed by atoms with van der Waals surface area (Å²) in [6, 6.07) is 14.4. The number of aromatic nitrogens is 3. The van der Waals surface area contributed by atoms with Crippen molar-refractivity contribution in [1.82, 2.24) is 19.9 Å². The molecule has 2 aromatic heterocycles. The Balaban J connectivity index is 1.37. The number of halogens is 1. The van der Waals surface area contributed by atoms with Crippen molar-refractivity contribution in [2.24, 2.45) is 0 Å². The van der Waals surface area contributed by atoms with Crippen molar-refractivity contribution < 1.29 is 19.4 Å². The monoisotopic (exact) mass is 505 g/mol. The number of ether oxygens (including phenoxy) is 2. The van der Waals surface area contributed by atoms with Gasteiger partial charge >= 0.3 is 0 Å². The number of rotatable bonds is 8. The summed E-state index contributed by atoms with van der Waals surface area (Å²) in [7, 11) is 0. The molecule has 1 fully saturated rings. The topological polar surface area (TPSA) is 110 Å². The van der Waals surface area contributed by atoms with Crippen molar-refractivity contribution in [2.45, 2.75) is 18.9 Å². The van der Waals surface area contributed by atoms with Crippen LogP contribution < -0.4 is 14.8 Å². The van der Waals surface area contributed by atoms with Crippen molar-refractivity contribution in [2.75, 3.05) is 25.1 Å². The number of fused-ring (bicyclic) bond motifs is 1. The molecule has 36 heavy (non-hydrogen) atoms. The third kappa shape index (κ3) is 5.17. The maximum atomic E-state index is 12.0. The SMILES string of the molecule is O=C(CO)N1CCC[C@H]1COc1cccc2ncnc(Nc3ccc(Oc4cccnc4)c(Cl)c3)c12. The molecule has 0 saturated carbocycles. The van der Waals surface area contributed by atoms with Gasteiger partial charge in [-0.15, -0.1) is 0 Å². The van der Waals surface area contributed by atoms with Crippen LogP contribution in [0, 0.1) is 0 Å². The maximum absolute atomic E-state index is 12.0. The fourth-order valence-electron chi connectivity index (χ4n) is 4.24. The minimum absolute atomic E-state index is 0.0906. The minimum atomic E-state index is -0.499. The van der Waals surface area contributed by atoms with Gasteiger partial charge in [-0.2, -0.15) is 0 Å². The van der Waals surface area contributed by atoms with Crippen molar-refractivity contribution in [3.63, 3.8) is 0 Å². The molecule has 2 aromatic carbocycles. The molecule has 2 N–H and O–H groups in total. The molecule has 1 aliphatic heterocycles. The summed E-state index contributed by atoms with van der Waals surface area (Å²) in [5, 5.41) is 13.7. The van der Waals surface area contributed by atoms with Crippen LogP contribution >= 0.6 is 11.6 Å². The van der Waals surface area contributed by atoms with Gasteiger partial charge in [0, 0.05) is 18.4 Å². The summed E-state index contributed by atoms with van der Waals surface area (Å²) in [6.45, 7) is 0.437. The zero-order valence-corrected chi connectivity index (χ0v) is 20.1. The summed E-state index contributed by atoms with van der Waals surface area (Å²) in [4.78, 5) is 26.6. The van der Waals surface area contributed by atoms with E-state index in [1.165, 1.54) is 6.33 Å². The molecule has 5 rings (SSSR count). The predicted octanol–water partition coefficient (Wildman–Crippen LogP) is 4.58. The molecule has 0 unspecified atom stereocenters. The van der Waals surface area contributed by atoms with Crippen LogP contribution in [0.4, 0.5) is 11.5 Å². The fraction of sp³-hybridized carbons (Fsp3) is 0.231. The number of anilines is 2. The second kappa shape index (κ2) is 10.8. The van der Waals surface area contributed by atoms with Gasteiger partial charge in [0.1, 0.15) is 42.6 Å². The molecule has 9 nitrogen and oxygen atoms in total. The van der Waals surface area contributed by atoms with Crippen molar-refractivity contribution >= 4 is 39.9 Å². The fourth-order valence-corrected chi connectivity index (χ4v) is 4.46. The number of carbonyl (C=O) groups is 1. The van der Waals surface area contributed by atoms with Gasteiger partial charge in [0.25, 0.3) is 0 Å². The van der Waals surface area contributed by atoms with Crippen LogP contribution in [0.3, 0.4) is 0 Å². The molecule has 0 radical (unpaired) electrons. The molecule has 1 saturated heterocycles. The van der Waals surface area contributed by atoms with Gasteiger partial charge < -0.3 is 24.8 Å². The van der Waals surface area contributed by atoms with Crippen LogP contribution in [-0.2, 0) is 4.79 Å². The Labute approximate surface area is 212 Å². The minimum Gasteiger partial charge on any atom is -0.491 e. The lowest BCUT2D eigenvalue weighted by Crippen LogP contribution is -2.40. The van der Waals surface area contributed by atoms with Gasteiger partial charge in [0.15, 0.2) is 0 Å². The second-order valence-electron chi connectivity index (χ2n) is 8.29. The Morgan fingerprint density at radius 1 is 1.17 bits per heavy atom. The van der Waals surface area contributed by atoms with Crippen LogP contribution in [0.1, 0.15) is 12.8 Å². The molecule has 184 valence electrons. The first kappa shape index (κ1) is 23.8. The quantitative estimate of drug-likeness (QED) is 0.358. The Bertz CT molecular complexity index is 1370. The zero-order valence-electron chi connectivity index (χ0n) is 19.3. The molecule has 0 bridgehead atoms. The maximum Gasteiger partial charge on any atom is 0.248 e. The van der Waals surface area contributed by atoms with Crippen LogP contribution in [0.25, 0.3) is 10.9 Å². The van der Waals surface area contributed by atoms with E-state index in [9.17, 15) is 9.90 Å². The molecular weight excluding hydrogens is 482 g/mol. The number of pyridine rings is 1. The second-order valence-corrected chi connectivity index (χ2v) is 8.69. The molecule has 10 heteroatoms. The highest BCUT2D eigenvalue weighted by Gasteiger charge is 2.29. The highest BCUT2D eigenvalue weighted by atomic mass is 35.5. The van der Waals surface area contributed by atoms with Gasteiger partial charge in [-0.1, -0.05) is 17.7 Å². The zero-order chi connectivity index (χ0) is 24.9. The average molecular weight is 506 g/mol. The highest BCUT2D eigenvalue weighted by Crippen LogP contribution is 2.35. The molecule has 1 aliphatic rings. The third-order valence-corrected chi connectivity index (χ3v) is 6.24. The summed E-state index contributed by atoms with van der Waals surface area (Å²) < 4.78 is 12.0. The summed E-state index contributed by atoms with van der Waals surface area (Å²) in [6.07, 6.45) is 6.47. The molecule has 0 spiro atoms. The number of carbonyl (C=O) groups excluding carboxylic acids is 1. The van der Waals surface area contributed by atoms with E-state index >= 15 is 0 Å². The lowest BCUT2D eigenvalue weighted by Gasteiger charge is -2.24. The number of aliphatic hydroxyl groups is 1. The molecule has 0 aliphatic carbocycles. The number of nitrogens with zero attached hydrogens (tertiary/aromatic N) is 4. The van der Waals surface area contributed by atoms with Crippen LogP contribution in [0.5, 0.6) is 17.2 Å². The number of amides is 1. The number of hydrogen-bond donors (Lipinski definition) is 2. The molecule has 4 aromatic rings. The normalized spacial score (nSPS) is 15.2. The van der Waals surface area contributed by atoms with E-state index in [0.717, 1.165) is 12.8 Å². The van der Waals surface area contributed by atoms with Crippen molar-refractivity contribution in [3.05, 3.63) is 72.3 Å². The Hall–Kier alpha value is -3.95. The lowest BCUT2D eigenvalue weighted by atomic mass is 10.2. The molecule has 3 heterocycles. The van der Waals surface area contributed by atoms with E-state index < -0.39 is 6.61 Å². The number of nitrogens with one attached hydrogen (secondary N) is 1. The van der Waals surface area contributed by atoms with Gasteiger partial charge in [-0.3, -0.25) is 9.78 Å².